The van der Waals surface area contributed by atoms with Crippen molar-refractivity contribution < 1.29 is 19.1 Å². The van der Waals surface area contributed by atoms with Crippen LogP contribution in [0.3, 0.4) is 0 Å². The molecule has 2 aromatic rings. The van der Waals surface area contributed by atoms with Gasteiger partial charge in [0.1, 0.15) is 10.6 Å². The van der Waals surface area contributed by atoms with Crippen molar-refractivity contribution in [2.75, 3.05) is 19.0 Å². The molecule has 122 valence electrons. The van der Waals surface area contributed by atoms with Crippen molar-refractivity contribution in [1.82, 2.24) is 0 Å². The van der Waals surface area contributed by atoms with E-state index in [1.165, 1.54) is 11.3 Å². The number of carbonyl (C=O) groups excluding carboxylic acids is 2. The molecule has 0 fully saturated rings. The molecule has 1 amide bonds. The predicted molar refractivity (Wildman–Crippen MR) is 90.3 cm³/mol. The second-order valence-electron chi connectivity index (χ2n) is 4.93. The molecule has 0 atom stereocenters. The number of amides is 1. The molecule has 1 aromatic carbocycles. The lowest BCUT2D eigenvalue weighted by Crippen LogP contribution is -2.20. The maximum Gasteiger partial charge on any atom is 0.348 e. The molecule has 0 radical (unpaired) electrons. The van der Waals surface area contributed by atoms with Crippen molar-refractivity contribution in [2.24, 2.45) is 0 Å². The highest BCUT2D eigenvalue weighted by Gasteiger charge is 2.14. The molecule has 0 aliphatic carbocycles. The van der Waals surface area contributed by atoms with E-state index in [1.54, 1.807) is 37.4 Å². The van der Waals surface area contributed by atoms with Crippen LogP contribution in [0.25, 0.3) is 0 Å². The summed E-state index contributed by atoms with van der Waals surface area (Å²) in [5.74, 6) is -0.227. The first kappa shape index (κ1) is 17.0. The van der Waals surface area contributed by atoms with Gasteiger partial charge in [0.25, 0.3) is 5.91 Å². The molecule has 0 unspecified atom stereocenters. The van der Waals surface area contributed by atoms with Crippen LogP contribution < -0.4 is 10.1 Å². The van der Waals surface area contributed by atoms with Gasteiger partial charge < -0.3 is 14.8 Å². The topological polar surface area (TPSA) is 64.6 Å². The van der Waals surface area contributed by atoms with Gasteiger partial charge in [-0.05, 0) is 37.1 Å². The van der Waals surface area contributed by atoms with Crippen molar-refractivity contribution >= 4 is 28.9 Å². The first-order valence-electron chi connectivity index (χ1n) is 7.23. The third kappa shape index (κ3) is 4.56. The molecule has 2 rings (SSSR count). The number of esters is 1. The normalized spacial score (nSPS) is 10.2. The smallest absolute Gasteiger partial charge is 0.348 e. The Bertz CT molecular complexity index is 708. The molecule has 0 aliphatic heterocycles. The number of thiophene rings is 1. The molecule has 5 nitrogen and oxygen atoms in total. The zero-order valence-corrected chi connectivity index (χ0v) is 14.2. The summed E-state index contributed by atoms with van der Waals surface area (Å²) in [7, 11) is 1.55. The van der Waals surface area contributed by atoms with Crippen LogP contribution in [0.15, 0.2) is 30.3 Å². The van der Waals surface area contributed by atoms with E-state index >= 15 is 0 Å². The molecule has 0 bridgehead atoms. The third-order valence-electron chi connectivity index (χ3n) is 3.23. The van der Waals surface area contributed by atoms with Crippen molar-refractivity contribution in [1.29, 1.82) is 0 Å². The van der Waals surface area contributed by atoms with Gasteiger partial charge >= 0.3 is 5.97 Å². The van der Waals surface area contributed by atoms with Crippen LogP contribution in [0.2, 0.25) is 0 Å². The van der Waals surface area contributed by atoms with Gasteiger partial charge in [-0.15, -0.1) is 11.3 Å². The van der Waals surface area contributed by atoms with Gasteiger partial charge in [0, 0.05) is 16.6 Å². The highest BCUT2D eigenvalue weighted by Crippen LogP contribution is 2.23. The number of rotatable bonds is 6. The average molecular weight is 333 g/mol. The lowest BCUT2D eigenvalue weighted by Gasteiger charge is -2.07. The number of hydrogen-bond acceptors (Lipinski definition) is 5. The van der Waals surface area contributed by atoms with E-state index in [0.717, 1.165) is 16.9 Å². The largest absolute Gasteiger partial charge is 0.497 e. The standard InChI is InChI=1S/C17H19NO4S/c1-4-14-11(2)8-15(23-14)17(20)22-10-16(19)18-12-6-5-7-13(9-12)21-3/h5-9H,4,10H2,1-3H3,(H,18,19). The summed E-state index contributed by atoms with van der Waals surface area (Å²) >= 11 is 1.41. The number of methoxy groups -OCH3 is 1. The molecule has 0 saturated heterocycles. The summed E-state index contributed by atoms with van der Waals surface area (Å²) < 4.78 is 10.1. The Labute approximate surface area is 139 Å². The summed E-state index contributed by atoms with van der Waals surface area (Å²) in [6.45, 7) is 3.67. The zero-order chi connectivity index (χ0) is 16.8. The van der Waals surface area contributed by atoms with Gasteiger partial charge in [-0.25, -0.2) is 4.79 Å². The minimum Gasteiger partial charge on any atom is -0.497 e. The van der Waals surface area contributed by atoms with Crippen LogP contribution in [0.4, 0.5) is 5.69 Å². The molecule has 1 heterocycles. The quantitative estimate of drug-likeness (QED) is 0.823. The van der Waals surface area contributed by atoms with E-state index in [9.17, 15) is 9.59 Å². The molecule has 1 aromatic heterocycles. The minimum absolute atomic E-state index is 0.325. The monoisotopic (exact) mass is 333 g/mol. The number of benzene rings is 1. The molecule has 0 aliphatic rings. The molecule has 23 heavy (non-hydrogen) atoms. The molecule has 1 N–H and O–H groups in total. The predicted octanol–water partition coefficient (Wildman–Crippen LogP) is 3.42. The van der Waals surface area contributed by atoms with E-state index in [4.69, 9.17) is 9.47 Å². The maximum absolute atomic E-state index is 12.0. The van der Waals surface area contributed by atoms with Crippen molar-refractivity contribution in [2.45, 2.75) is 20.3 Å². The molecular formula is C17H19NO4S. The van der Waals surface area contributed by atoms with Gasteiger partial charge in [-0.1, -0.05) is 13.0 Å². The summed E-state index contributed by atoms with van der Waals surface area (Å²) in [6.07, 6.45) is 0.875. The van der Waals surface area contributed by atoms with Crippen LogP contribution in [0, 0.1) is 6.92 Å². The van der Waals surface area contributed by atoms with Crippen LogP contribution in [-0.4, -0.2) is 25.6 Å². The van der Waals surface area contributed by atoms with E-state index < -0.39 is 11.9 Å². The maximum atomic E-state index is 12.0. The fourth-order valence-corrected chi connectivity index (χ4v) is 3.08. The lowest BCUT2D eigenvalue weighted by molar-refractivity contribution is -0.119. The van der Waals surface area contributed by atoms with Gasteiger partial charge in [0.15, 0.2) is 6.61 Å². The van der Waals surface area contributed by atoms with Crippen LogP contribution >= 0.6 is 11.3 Å². The number of carbonyl (C=O) groups is 2. The Balaban J connectivity index is 1.89. The van der Waals surface area contributed by atoms with Gasteiger partial charge in [-0.2, -0.15) is 0 Å². The van der Waals surface area contributed by atoms with Crippen LogP contribution in [-0.2, 0) is 16.0 Å². The Morgan fingerprint density at radius 2 is 2.04 bits per heavy atom. The van der Waals surface area contributed by atoms with Crippen molar-refractivity contribution in [3.63, 3.8) is 0 Å². The fourth-order valence-electron chi connectivity index (χ4n) is 2.07. The molecule has 0 saturated carbocycles. The minimum atomic E-state index is -0.474. The van der Waals surface area contributed by atoms with Crippen molar-refractivity contribution in [3.8, 4) is 5.75 Å². The summed E-state index contributed by atoms with van der Waals surface area (Å²) in [5.41, 5.74) is 1.66. The van der Waals surface area contributed by atoms with Crippen LogP contribution in [0.5, 0.6) is 5.75 Å². The second-order valence-corrected chi connectivity index (χ2v) is 6.06. The number of anilines is 1. The molecule has 0 spiro atoms. The van der Waals surface area contributed by atoms with E-state index in [0.29, 0.717) is 16.3 Å². The number of hydrogen-bond donors (Lipinski definition) is 1. The number of aryl methyl sites for hydroxylation is 2. The van der Waals surface area contributed by atoms with Crippen LogP contribution in [0.1, 0.15) is 27.0 Å². The molecular weight excluding hydrogens is 314 g/mol. The summed E-state index contributed by atoms with van der Waals surface area (Å²) in [5, 5.41) is 2.66. The Morgan fingerprint density at radius 3 is 2.70 bits per heavy atom. The summed E-state index contributed by atoms with van der Waals surface area (Å²) in [6, 6.07) is 8.77. The SMILES string of the molecule is CCc1sc(C(=O)OCC(=O)Nc2cccc(OC)c2)cc1C. The fraction of sp³-hybridized carbons (Fsp3) is 0.294. The number of nitrogens with one attached hydrogen (secondary N) is 1. The van der Waals surface area contributed by atoms with Gasteiger partial charge in [0.2, 0.25) is 0 Å². The lowest BCUT2D eigenvalue weighted by atomic mass is 10.2. The zero-order valence-electron chi connectivity index (χ0n) is 13.3. The summed E-state index contributed by atoms with van der Waals surface area (Å²) in [4.78, 5) is 25.5. The molecule has 6 heteroatoms. The highest BCUT2D eigenvalue weighted by molar-refractivity contribution is 7.14. The van der Waals surface area contributed by atoms with Gasteiger partial charge in [0.05, 0.1) is 7.11 Å². The third-order valence-corrected chi connectivity index (χ3v) is 4.59. The van der Waals surface area contributed by atoms with E-state index in [-0.39, 0.29) is 6.61 Å². The van der Waals surface area contributed by atoms with Gasteiger partial charge in [-0.3, -0.25) is 4.79 Å². The first-order valence-corrected chi connectivity index (χ1v) is 8.05. The highest BCUT2D eigenvalue weighted by atomic mass is 32.1. The van der Waals surface area contributed by atoms with E-state index in [2.05, 4.69) is 5.32 Å². The first-order chi connectivity index (χ1) is 11.0. The number of ether oxygens (including phenoxy) is 2. The Hall–Kier alpha value is -2.34. The second kappa shape index (κ2) is 7.78. The van der Waals surface area contributed by atoms with E-state index in [1.807, 2.05) is 13.8 Å². The van der Waals surface area contributed by atoms with Crippen molar-refractivity contribution in [3.05, 3.63) is 45.6 Å². The Morgan fingerprint density at radius 1 is 1.26 bits per heavy atom. The average Bonchev–Trinajstić information content (AvgIpc) is 2.93. The Kier molecular flexibility index (Phi) is 5.76.